The van der Waals surface area contributed by atoms with Crippen LogP contribution in [0.1, 0.15) is 31.1 Å². The monoisotopic (exact) mass is 282 g/mol. The van der Waals surface area contributed by atoms with E-state index in [1.54, 1.807) is 6.07 Å². The van der Waals surface area contributed by atoms with Crippen LogP contribution in [0, 0.1) is 0 Å². The van der Waals surface area contributed by atoms with Crippen molar-refractivity contribution in [1.82, 2.24) is 5.32 Å². The molecule has 1 aromatic carbocycles. The van der Waals surface area contributed by atoms with Crippen molar-refractivity contribution in [1.29, 1.82) is 0 Å². The minimum Gasteiger partial charge on any atom is -0.382 e. The van der Waals surface area contributed by atoms with Gasteiger partial charge in [-0.1, -0.05) is 19.1 Å². The van der Waals surface area contributed by atoms with Gasteiger partial charge in [0.1, 0.15) is 0 Å². The van der Waals surface area contributed by atoms with Gasteiger partial charge in [-0.15, -0.1) is 0 Å². The van der Waals surface area contributed by atoms with Gasteiger partial charge in [0, 0.05) is 40.6 Å². The normalized spacial score (nSPS) is 12.2. The minimum atomic E-state index is -0.845. The van der Waals surface area contributed by atoms with Crippen molar-refractivity contribution in [3.63, 3.8) is 0 Å². The molecule has 4 nitrogen and oxygen atoms in total. The lowest BCUT2D eigenvalue weighted by Gasteiger charge is -2.14. The molecule has 1 aromatic rings. The van der Waals surface area contributed by atoms with E-state index in [1.165, 1.54) is 0 Å². The van der Waals surface area contributed by atoms with Gasteiger partial charge in [-0.05, 0) is 26.0 Å². The van der Waals surface area contributed by atoms with Crippen molar-refractivity contribution >= 4 is 22.4 Å². The Kier molecular flexibility index (Phi) is 6.56. The fraction of sp³-hybridized carbons (Fsp3) is 0.500. The Labute approximate surface area is 117 Å². The van der Waals surface area contributed by atoms with Crippen LogP contribution in [0.5, 0.6) is 0 Å². The maximum atomic E-state index is 12.1. The van der Waals surface area contributed by atoms with Crippen LogP contribution >= 0.6 is 0 Å². The second kappa shape index (κ2) is 7.94. The first-order chi connectivity index (χ1) is 9.04. The summed E-state index contributed by atoms with van der Waals surface area (Å²) < 4.78 is 11.3. The van der Waals surface area contributed by atoms with Gasteiger partial charge in [0.2, 0.25) is 0 Å². The first-order valence-electron chi connectivity index (χ1n) is 6.53. The number of para-hydroxylation sites is 1. The summed E-state index contributed by atoms with van der Waals surface area (Å²) in [6.07, 6.45) is 0. The van der Waals surface area contributed by atoms with Gasteiger partial charge in [0.05, 0.1) is 5.56 Å². The number of nitrogens with one attached hydrogen (secondary N) is 2. The van der Waals surface area contributed by atoms with Gasteiger partial charge in [-0.2, -0.15) is 0 Å². The molecular formula is C14H22N2O2S. The number of rotatable bonds is 7. The van der Waals surface area contributed by atoms with E-state index in [-0.39, 0.29) is 11.9 Å². The lowest BCUT2D eigenvalue weighted by molar-refractivity contribution is 0.0957. The topological polar surface area (TPSA) is 58.2 Å². The lowest BCUT2D eigenvalue weighted by atomic mass is 10.1. The van der Waals surface area contributed by atoms with Crippen LogP contribution in [-0.2, 0) is 10.8 Å². The zero-order valence-electron chi connectivity index (χ0n) is 11.7. The quantitative estimate of drug-likeness (QED) is 0.804. The van der Waals surface area contributed by atoms with E-state index in [0.717, 1.165) is 5.69 Å². The molecule has 1 amide bonds. The van der Waals surface area contributed by atoms with Gasteiger partial charge >= 0.3 is 0 Å². The Bertz CT molecular complexity index is 447. The number of hydrogen-bond donors (Lipinski definition) is 2. The highest BCUT2D eigenvalue weighted by molar-refractivity contribution is 7.84. The first-order valence-corrected chi connectivity index (χ1v) is 8.02. The number of benzene rings is 1. The van der Waals surface area contributed by atoms with E-state index in [9.17, 15) is 9.00 Å². The number of carbonyl (C=O) groups excluding carboxylic acids is 1. The highest BCUT2D eigenvalue weighted by Crippen LogP contribution is 2.15. The molecular weight excluding hydrogens is 260 g/mol. The standard InChI is InChI=1S/C14H22N2O2S/c1-4-19(18)10-9-15-14(17)12-7-5-6-8-13(12)16-11(2)3/h5-8,11,16H,4,9-10H2,1-3H3,(H,15,17). The molecule has 0 aliphatic rings. The van der Waals surface area contributed by atoms with Crippen LogP contribution < -0.4 is 10.6 Å². The van der Waals surface area contributed by atoms with Gasteiger partial charge in [0.25, 0.3) is 5.91 Å². The molecule has 0 spiro atoms. The molecule has 1 unspecified atom stereocenters. The number of hydrogen-bond acceptors (Lipinski definition) is 3. The van der Waals surface area contributed by atoms with Crippen molar-refractivity contribution in [2.45, 2.75) is 26.8 Å². The van der Waals surface area contributed by atoms with Gasteiger partial charge in [0.15, 0.2) is 0 Å². The van der Waals surface area contributed by atoms with Crippen LogP contribution in [0.2, 0.25) is 0 Å². The second-order valence-corrected chi connectivity index (χ2v) is 6.40. The zero-order chi connectivity index (χ0) is 14.3. The zero-order valence-corrected chi connectivity index (χ0v) is 12.5. The van der Waals surface area contributed by atoms with Crippen molar-refractivity contribution in [3.8, 4) is 0 Å². The van der Waals surface area contributed by atoms with Crippen molar-refractivity contribution in [2.24, 2.45) is 0 Å². The Balaban J connectivity index is 2.63. The Hall–Kier alpha value is -1.36. The third-order valence-electron chi connectivity index (χ3n) is 2.55. The molecule has 106 valence electrons. The van der Waals surface area contributed by atoms with E-state index >= 15 is 0 Å². The molecule has 0 aromatic heterocycles. The maximum Gasteiger partial charge on any atom is 0.253 e. The highest BCUT2D eigenvalue weighted by Gasteiger charge is 2.11. The molecule has 0 aliphatic heterocycles. The van der Waals surface area contributed by atoms with Crippen LogP contribution in [0.15, 0.2) is 24.3 Å². The molecule has 1 rings (SSSR count). The fourth-order valence-corrected chi connectivity index (χ4v) is 2.25. The largest absolute Gasteiger partial charge is 0.382 e. The number of carbonyl (C=O) groups is 1. The third kappa shape index (κ3) is 5.42. The average Bonchev–Trinajstić information content (AvgIpc) is 2.38. The van der Waals surface area contributed by atoms with E-state index in [2.05, 4.69) is 10.6 Å². The molecule has 0 saturated heterocycles. The molecule has 0 heterocycles. The molecule has 1 atom stereocenters. The second-order valence-electron chi connectivity index (χ2n) is 4.53. The Morgan fingerprint density at radius 2 is 2.00 bits per heavy atom. The Morgan fingerprint density at radius 3 is 2.63 bits per heavy atom. The maximum absolute atomic E-state index is 12.1. The summed E-state index contributed by atoms with van der Waals surface area (Å²) >= 11 is 0. The summed E-state index contributed by atoms with van der Waals surface area (Å²) in [6, 6.07) is 7.68. The predicted molar refractivity (Wildman–Crippen MR) is 81.1 cm³/mol. The van der Waals surface area contributed by atoms with E-state index in [1.807, 2.05) is 39.0 Å². The molecule has 0 bridgehead atoms. The summed E-state index contributed by atoms with van der Waals surface area (Å²) in [7, 11) is -0.845. The number of amides is 1. The molecule has 0 saturated carbocycles. The van der Waals surface area contributed by atoms with E-state index in [0.29, 0.717) is 23.6 Å². The average molecular weight is 282 g/mol. The SMILES string of the molecule is CCS(=O)CCNC(=O)c1ccccc1NC(C)C. The summed E-state index contributed by atoms with van der Waals surface area (Å²) in [5.41, 5.74) is 1.45. The molecule has 0 radical (unpaired) electrons. The van der Waals surface area contributed by atoms with Crippen LogP contribution in [0.4, 0.5) is 5.69 Å². The smallest absolute Gasteiger partial charge is 0.253 e. The van der Waals surface area contributed by atoms with Crippen LogP contribution in [0.3, 0.4) is 0 Å². The van der Waals surface area contributed by atoms with Gasteiger partial charge in [-0.25, -0.2) is 0 Å². The van der Waals surface area contributed by atoms with Crippen LogP contribution in [0.25, 0.3) is 0 Å². The lowest BCUT2D eigenvalue weighted by Crippen LogP contribution is -2.29. The summed E-state index contributed by atoms with van der Waals surface area (Å²) in [4.78, 5) is 12.1. The first kappa shape index (κ1) is 15.7. The molecule has 0 fully saturated rings. The van der Waals surface area contributed by atoms with Gasteiger partial charge in [-0.3, -0.25) is 9.00 Å². The van der Waals surface area contributed by atoms with Gasteiger partial charge < -0.3 is 10.6 Å². The summed E-state index contributed by atoms with van der Waals surface area (Å²) in [6.45, 7) is 6.37. The molecule has 19 heavy (non-hydrogen) atoms. The van der Waals surface area contributed by atoms with Crippen molar-refractivity contribution in [3.05, 3.63) is 29.8 Å². The van der Waals surface area contributed by atoms with E-state index < -0.39 is 10.8 Å². The molecule has 0 aliphatic carbocycles. The predicted octanol–water partition coefficient (Wildman–Crippen LogP) is 2.01. The fourth-order valence-electron chi connectivity index (χ4n) is 1.64. The van der Waals surface area contributed by atoms with E-state index in [4.69, 9.17) is 0 Å². The molecule has 2 N–H and O–H groups in total. The van der Waals surface area contributed by atoms with Crippen molar-refractivity contribution in [2.75, 3.05) is 23.4 Å². The third-order valence-corrected chi connectivity index (χ3v) is 3.86. The highest BCUT2D eigenvalue weighted by atomic mass is 32.2. The number of anilines is 1. The summed E-state index contributed by atoms with van der Waals surface area (Å²) in [5, 5.41) is 6.05. The Morgan fingerprint density at radius 1 is 1.32 bits per heavy atom. The van der Waals surface area contributed by atoms with Crippen molar-refractivity contribution < 1.29 is 9.00 Å². The molecule has 5 heteroatoms. The summed E-state index contributed by atoms with van der Waals surface area (Å²) in [5.74, 6) is 1.00. The van der Waals surface area contributed by atoms with Crippen LogP contribution in [-0.4, -0.2) is 34.2 Å². The minimum absolute atomic E-state index is 0.128.